The molecule has 0 aliphatic heterocycles. The molecule has 0 radical (unpaired) electrons. The van der Waals surface area contributed by atoms with Crippen LogP contribution in [0.25, 0.3) is 0 Å². The number of ether oxygens (including phenoxy) is 2. The summed E-state index contributed by atoms with van der Waals surface area (Å²) in [5.74, 6) is -1.53. The van der Waals surface area contributed by atoms with Crippen molar-refractivity contribution in [3.05, 3.63) is 24.3 Å². The molecule has 0 heterocycles. The highest BCUT2D eigenvalue weighted by Crippen LogP contribution is 2.22. The first-order chi connectivity index (χ1) is 8.67. The lowest BCUT2D eigenvalue weighted by molar-refractivity contribution is -0.150. The Kier molecular flexibility index (Phi) is 4.64. The highest BCUT2D eigenvalue weighted by Gasteiger charge is 2.29. The first-order valence-corrected chi connectivity index (χ1v) is 5.98. The first-order valence-electron chi connectivity index (χ1n) is 5.98. The Morgan fingerprint density at radius 1 is 1.26 bits per heavy atom. The summed E-state index contributed by atoms with van der Waals surface area (Å²) in [6.45, 7) is 8.84. The van der Waals surface area contributed by atoms with Gasteiger partial charge in [0.05, 0.1) is 0 Å². The van der Waals surface area contributed by atoms with Crippen LogP contribution in [0.1, 0.15) is 33.6 Å². The second-order valence-corrected chi connectivity index (χ2v) is 5.39. The van der Waals surface area contributed by atoms with E-state index in [2.05, 4.69) is 6.58 Å². The number of carbonyl (C=O) groups excluding carboxylic acids is 3. The van der Waals surface area contributed by atoms with E-state index in [9.17, 15) is 14.4 Å². The zero-order valence-corrected chi connectivity index (χ0v) is 11.4. The second-order valence-electron chi connectivity index (χ2n) is 5.39. The average molecular weight is 266 g/mol. The fraction of sp³-hybridized carbons (Fsp3) is 0.500. The van der Waals surface area contributed by atoms with Crippen molar-refractivity contribution in [1.29, 1.82) is 0 Å². The van der Waals surface area contributed by atoms with Crippen LogP contribution in [0.4, 0.5) is 0 Å². The van der Waals surface area contributed by atoms with E-state index < -0.39 is 23.6 Å². The molecule has 0 saturated heterocycles. The summed E-state index contributed by atoms with van der Waals surface area (Å²) in [5.41, 5.74) is 0.128. The molecule has 0 aromatic heterocycles. The van der Waals surface area contributed by atoms with E-state index in [0.717, 1.165) is 17.7 Å². The lowest BCUT2D eigenvalue weighted by atomic mass is 10.2. The van der Waals surface area contributed by atoms with Crippen LogP contribution in [0.3, 0.4) is 0 Å². The SMILES string of the molecule is C=C1CC(=O)C(OC(=O)/C=C/C(=O)OC(C)(C)C)C1. The van der Waals surface area contributed by atoms with Crippen molar-refractivity contribution in [2.45, 2.75) is 45.3 Å². The molecule has 1 aliphatic rings. The minimum atomic E-state index is -0.775. The van der Waals surface area contributed by atoms with Crippen LogP contribution in [0.2, 0.25) is 0 Å². The smallest absolute Gasteiger partial charge is 0.331 e. The highest BCUT2D eigenvalue weighted by atomic mass is 16.6. The van der Waals surface area contributed by atoms with Gasteiger partial charge in [0.15, 0.2) is 11.9 Å². The summed E-state index contributed by atoms with van der Waals surface area (Å²) in [6.07, 6.45) is 1.77. The quantitative estimate of drug-likeness (QED) is 0.442. The van der Waals surface area contributed by atoms with Gasteiger partial charge in [-0.1, -0.05) is 12.2 Å². The van der Waals surface area contributed by atoms with Gasteiger partial charge in [-0.25, -0.2) is 9.59 Å². The Bertz CT molecular complexity index is 439. The zero-order chi connectivity index (χ0) is 14.6. The van der Waals surface area contributed by atoms with Gasteiger partial charge in [-0.2, -0.15) is 0 Å². The van der Waals surface area contributed by atoms with Crippen molar-refractivity contribution in [1.82, 2.24) is 0 Å². The van der Waals surface area contributed by atoms with Crippen LogP contribution >= 0.6 is 0 Å². The van der Waals surface area contributed by atoms with Crippen LogP contribution in [0, 0.1) is 0 Å². The van der Waals surface area contributed by atoms with Gasteiger partial charge >= 0.3 is 11.9 Å². The van der Waals surface area contributed by atoms with Gasteiger partial charge in [0, 0.05) is 25.0 Å². The number of rotatable bonds is 3. The van der Waals surface area contributed by atoms with Gasteiger partial charge < -0.3 is 9.47 Å². The molecule has 1 aliphatic carbocycles. The molecule has 1 rings (SSSR count). The van der Waals surface area contributed by atoms with Crippen LogP contribution in [-0.4, -0.2) is 29.4 Å². The fourth-order valence-corrected chi connectivity index (χ4v) is 1.57. The van der Waals surface area contributed by atoms with Gasteiger partial charge in [-0.05, 0) is 20.8 Å². The second kappa shape index (κ2) is 5.82. The molecular formula is C14H18O5. The molecule has 19 heavy (non-hydrogen) atoms. The van der Waals surface area contributed by atoms with Crippen molar-refractivity contribution in [3.63, 3.8) is 0 Å². The molecular weight excluding hydrogens is 248 g/mol. The standard InChI is InChI=1S/C14H18O5/c1-9-7-10(15)11(8-9)18-12(16)5-6-13(17)19-14(2,3)4/h5-6,11H,1,7-8H2,2-4H3/b6-5+. The van der Waals surface area contributed by atoms with Crippen LogP contribution in [0.15, 0.2) is 24.3 Å². The molecule has 1 unspecified atom stereocenters. The molecule has 0 N–H and O–H groups in total. The monoisotopic (exact) mass is 266 g/mol. The lowest BCUT2D eigenvalue weighted by Gasteiger charge is -2.17. The molecule has 1 saturated carbocycles. The number of carbonyl (C=O) groups is 3. The summed E-state index contributed by atoms with van der Waals surface area (Å²) in [5, 5.41) is 0. The third-order valence-electron chi connectivity index (χ3n) is 2.28. The predicted molar refractivity (Wildman–Crippen MR) is 68.2 cm³/mol. The van der Waals surface area contributed by atoms with E-state index in [1.165, 1.54) is 0 Å². The Labute approximate surface area is 112 Å². The summed E-state index contributed by atoms with van der Waals surface area (Å²) in [4.78, 5) is 34.1. The van der Waals surface area contributed by atoms with Gasteiger partial charge in [-0.3, -0.25) is 4.79 Å². The Morgan fingerprint density at radius 3 is 2.32 bits per heavy atom. The molecule has 104 valence electrons. The zero-order valence-electron chi connectivity index (χ0n) is 11.4. The molecule has 1 fully saturated rings. The van der Waals surface area contributed by atoms with E-state index in [0.29, 0.717) is 6.42 Å². The molecule has 0 aromatic rings. The normalized spacial score (nSPS) is 19.8. The number of hydrogen-bond acceptors (Lipinski definition) is 5. The van der Waals surface area contributed by atoms with E-state index in [1.54, 1.807) is 20.8 Å². The van der Waals surface area contributed by atoms with Crippen molar-refractivity contribution >= 4 is 17.7 Å². The molecule has 0 bridgehead atoms. The molecule has 5 nitrogen and oxygen atoms in total. The minimum absolute atomic E-state index is 0.163. The number of hydrogen-bond donors (Lipinski definition) is 0. The summed E-state index contributed by atoms with van der Waals surface area (Å²) >= 11 is 0. The van der Waals surface area contributed by atoms with E-state index >= 15 is 0 Å². The number of esters is 2. The van der Waals surface area contributed by atoms with Crippen LogP contribution < -0.4 is 0 Å². The van der Waals surface area contributed by atoms with Gasteiger partial charge in [0.25, 0.3) is 0 Å². The largest absolute Gasteiger partial charge is 0.457 e. The third-order valence-corrected chi connectivity index (χ3v) is 2.28. The van der Waals surface area contributed by atoms with Crippen LogP contribution in [0.5, 0.6) is 0 Å². The predicted octanol–water partition coefficient (Wildman–Crippen LogP) is 1.72. The molecule has 5 heteroatoms. The molecule has 0 aromatic carbocycles. The number of ketones is 1. The summed E-state index contributed by atoms with van der Waals surface area (Å²) in [7, 11) is 0. The Balaban J connectivity index is 2.45. The summed E-state index contributed by atoms with van der Waals surface area (Å²) < 4.78 is 9.91. The third kappa shape index (κ3) is 5.50. The van der Waals surface area contributed by atoms with Crippen LogP contribution in [-0.2, 0) is 23.9 Å². The van der Waals surface area contributed by atoms with Gasteiger partial charge in [0.2, 0.25) is 0 Å². The van der Waals surface area contributed by atoms with E-state index in [4.69, 9.17) is 9.47 Å². The number of Topliss-reactive ketones (excluding diaryl/α,β-unsaturated/α-hetero) is 1. The topological polar surface area (TPSA) is 69.7 Å². The lowest BCUT2D eigenvalue weighted by Crippen LogP contribution is -2.23. The van der Waals surface area contributed by atoms with Crippen molar-refractivity contribution in [3.8, 4) is 0 Å². The molecule has 0 amide bonds. The van der Waals surface area contributed by atoms with E-state index in [-0.39, 0.29) is 12.2 Å². The Morgan fingerprint density at radius 2 is 1.84 bits per heavy atom. The average Bonchev–Trinajstić information content (AvgIpc) is 2.52. The fourth-order valence-electron chi connectivity index (χ4n) is 1.57. The maximum Gasteiger partial charge on any atom is 0.331 e. The summed E-state index contributed by atoms with van der Waals surface area (Å²) in [6, 6.07) is 0. The van der Waals surface area contributed by atoms with Gasteiger partial charge in [0.1, 0.15) is 5.60 Å². The maximum absolute atomic E-state index is 11.4. The molecule has 0 spiro atoms. The van der Waals surface area contributed by atoms with Crippen molar-refractivity contribution < 1.29 is 23.9 Å². The first kappa shape index (κ1) is 15.1. The van der Waals surface area contributed by atoms with Gasteiger partial charge in [-0.15, -0.1) is 0 Å². The van der Waals surface area contributed by atoms with Crippen molar-refractivity contribution in [2.75, 3.05) is 0 Å². The molecule has 1 atom stereocenters. The van der Waals surface area contributed by atoms with E-state index in [1.807, 2.05) is 0 Å². The Hall–Kier alpha value is -1.91. The maximum atomic E-state index is 11.4. The van der Waals surface area contributed by atoms with Crippen molar-refractivity contribution in [2.24, 2.45) is 0 Å². The highest BCUT2D eigenvalue weighted by molar-refractivity contribution is 5.95. The minimum Gasteiger partial charge on any atom is -0.457 e.